The fourth-order valence-electron chi connectivity index (χ4n) is 2.15. The van der Waals surface area contributed by atoms with Gasteiger partial charge in [-0.2, -0.15) is 0 Å². The van der Waals surface area contributed by atoms with Crippen molar-refractivity contribution < 1.29 is 4.39 Å². The number of halogens is 1. The second-order valence-electron chi connectivity index (χ2n) is 3.92. The van der Waals surface area contributed by atoms with E-state index in [1.165, 1.54) is 0 Å². The lowest BCUT2D eigenvalue weighted by molar-refractivity contribution is 0.641. The summed E-state index contributed by atoms with van der Waals surface area (Å²) in [5, 5.41) is 3.56. The van der Waals surface area contributed by atoms with Gasteiger partial charge in [0.05, 0.1) is 0 Å². The van der Waals surface area contributed by atoms with Crippen molar-refractivity contribution in [1.29, 1.82) is 0 Å². The van der Waals surface area contributed by atoms with Crippen molar-refractivity contribution in [2.75, 3.05) is 0 Å². The number of benzene rings is 3. The van der Waals surface area contributed by atoms with Crippen LogP contribution < -0.4 is 0 Å². The van der Waals surface area contributed by atoms with Crippen LogP contribution in [0.5, 0.6) is 0 Å². The first-order valence-electron chi connectivity index (χ1n) is 5.19. The third-order valence-corrected chi connectivity index (χ3v) is 2.94. The summed E-state index contributed by atoms with van der Waals surface area (Å²) in [6.07, 6.45) is 0. The molecular formula is C15H10F. The van der Waals surface area contributed by atoms with Crippen LogP contribution in [0, 0.1) is 12.7 Å². The standard InChI is InChI=1S/C15H10F/c1-10-5-4-8-12-11-6-2-3-7-13(11)15(16)9-14(10)12/h2-9H,1H2. The van der Waals surface area contributed by atoms with Crippen LogP contribution in [0.25, 0.3) is 21.5 Å². The molecule has 0 atom stereocenters. The molecule has 0 heterocycles. The zero-order chi connectivity index (χ0) is 11.1. The zero-order valence-electron chi connectivity index (χ0n) is 8.70. The van der Waals surface area contributed by atoms with Gasteiger partial charge in [0.25, 0.3) is 0 Å². The molecule has 3 aromatic rings. The normalized spacial score (nSPS) is 11.1. The second kappa shape index (κ2) is 3.31. The summed E-state index contributed by atoms with van der Waals surface area (Å²) < 4.78 is 13.9. The third kappa shape index (κ3) is 1.21. The molecule has 16 heavy (non-hydrogen) atoms. The Bertz CT molecular complexity index is 678. The number of hydrogen-bond donors (Lipinski definition) is 0. The predicted octanol–water partition coefficient (Wildman–Crippen LogP) is 4.31. The maximum Gasteiger partial charge on any atom is 0.131 e. The number of rotatable bonds is 0. The molecule has 0 aliphatic carbocycles. The fraction of sp³-hybridized carbons (Fsp3) is 0. The first-order chi connectivity index (χ1) is 7.77. The highest BCUT2D eigenvalue weighted by Gasteiger charge is 2.06. The van der Waals surface area contributed by atoms with Crippen molar-refractivity contribution in [3.05, 3.63) is 66.8 Å². The van der Waals surface area contributed by atoms with Crippen LogP contribution in [0.2, 0.25) is 0 Å². The molecule has 0 aliphatic rings. The number of fused-ring (bicyclic) bond motifs is 3. The minimum atomic E-state index is -0.181. The lowest BCUT2D eigenvalue weighted by Crippen LogP contribution is -1.85. The summed E-state index contributed by atoms with van der Waals surface area (Å²) in [4.78, 5) is 0. The molecule has 0 unspecified atom stereocenters. The molecule has 0 aromatic heterocycles. The molecule has 1 radical (unpaired) electrons. The van der Waals surface area contributed by atoms with E-state index in [1.54, 1.807) is 12.1 Å². The zero-order valence-corrected chi connectivity index (χ0v) is 8.70. The molecule has 77 valence electrons. The van der Waals surface area contributed by atoms with Crippen LogP contribution in [-0.4, -0.2) is 0 Å². The fourth-order valence-corrected chi connectivity index (χ4v) is 2.15. The summed E-state index contributed by atoms with van der Waals surface area (Å²) in [5.74, 6) is -0.181. The van der Waals surface area contributed by atoms with Gasteiger partial charge in [0.1, 0.15) is 5.82 Å². The highest BCUT2D eigenvalue weighted by Crippen LogP contribution is 2.29. The van der Waals surface area contributed by atoms with Gasteiger partial charge in [-0.05, 0) is 34.7 Å². The van der Waals surface area contributed by atoms with E-state index in [2.05, 4.69) is 6.92 Å². The maximum absolute atomic E-state index is 13.9. The van der Waals surface area contributed by atoms with E-state index in [1.807, 2.05) is 36.4 Å². The van der Waals surface area contributed by atoms with E-state index in [4.69, 9.17) is 0 Å². The lowest BCUT2D eigenvalue weighted by atomic mass is 9.99. The monoisotopic (exact) mass is 209 g/mol. The van der Waals surface area contributed by atoms with Crippen LogP contribution in [0.3, 0.4) is 0 Å². The van der Waals surface area contributed by atoms with Gasteiger partial charge >= 0.3 is 0 Å². The van der Waals surface area contributed by atoms with Crippen molar-refractivity contribution >= 4 is 21.5 Å². The van der Waals surface area contributed by atoms with Crippen LogP contribution in [0.4, 0.5) is 4.39 Å². The maximum atomic E-state index is 13.9. The molecule has 0 bridgehead atoms. The van der Waals surface area contributed by atoms with Crippen LogP contribution in [0.1, 0.15) is 5.56 Å². The first kappa shape index (κ1) is 9.34. The molecule has 0 spiro atoms. The molecule has 0 N–H and O–H groups in total. The lowest BCUT2D eigenvalue weighted by Gasteiger charge is -2.07. The molecule has 0 saturated heterocycles. The molecule has 3 aromatic carbocycles. The Morgan fingerprint density at radius 2 is 1.38 bits per heavy atom. The quantitative estimate of drug-likeness (QED) is 0.484. The van der Waals surface area contributed by atoms with Gasteiger partial charge in [-0.15, -0.1) is 0 Å². The van der Waals surface area contributed by atoms with Crippen LogP contribution in [-0.2, 0) is 0 Å². The van der Waals surface area contributed by atoms with Crippen molar-refractivity contribution in [3.8, 4) is 0 Å². The van der Waals surface area contributed by atoms with Crippen molar-refractivity contribution in [1.82, 2.24) is 0 Å². The summed E-state index contributed by atoms with van der Waals surface area (Å²) >= 11 is 0. The Morgan fingerprint density at radius 3 is 2.19 bits per heavy atom. The topological polar surface area (TPSA) is 0 Å². The summed E-state index contributed by atoms with van der Waals surface area (Å²) in [6, 6.07) is 15.0. The van der Waals surface area contributed by atoms with E-state index >= 15 is 0 Å². The van der Waals surface area contributed by atoms with E-state index in [0.717, 1.165) is 21.7 Å². The molecule has 0 aliphatic heterocycles. The van der Waals surface area contributed by atoms with Gasteiger partial charge in [0.2, 0.25) is 0 Å². The summed E-state index contributed by atoms with van der Waals surface area (Å²) in [6.45, 7) is 3.93. The Morgan fingerprint density at radius 1 is 0.750 bits per heavy atom. The van der Waals surface area contributed by atoms with Crippen molar-refractivity contribution in [3.63, 3.8) is 0 Å². The second-order valence-corrected chi connectivity index (χ2v) is 3.92. The van der Waals surface area contributed by atoms with E-state index in [0.29, 0.717) is 5.39 Å². The van der Waals surface area contributed by atoms with Crippen LogP contribution in [0.15, 0.2) is 48.5 Å². The minimum Gasteiger partial charge on any atom is -0.206 e. The largest absolute Gasteiger partial charge is 0.206 e. The first-order valence-corrected chi connectivity index (χ1v) is 5.19. The Hall–Kier alpha value is -1.89. The molecule has 0 nitrogen and oxygen atoms in total. The molecular weight excluding hydrogens is 199 g/mol. The number of hydrogen-bond acceptors (Lipinski definition) is 0. The van der Waals surface area contributed by atoms with Gasteiger partial charge in [0, 0.05) is 5.39 Å². The molecule has 3 rings (SSSR count). The Balaban J connectivity index is 2.64. The SMILES string of the molecule is [CH2]c1cccc2c1cc(F)c1ccccc12. The van der Waals surface area contributed by atoms with Crippen molar-refractivity contribution in [2.24, 2.45) is 0 Å². The predicted molar refractivity (Wildman–Crippen MR) is 65.9 cm³/mol. The van der Waals surface area contributed by atoms with Crippen LogP contribution >= 0.6 is 0 Å². The van der Waals surface area contributed by atoms with Gasteiger partial charge in [-0.3, -0.25) is 0 Å². The van der Waals surface area contributed by atoms with Gasteiger partial charge < -0.3 is 0 Å². The Kier molecular flexibility index (Phi) is 1.93. The minimum absolute atomic E-state index is 0.181. The smallest absolute Gasteiger partial charge is 0.131 e. The van der Waals surface area contributed by atoms with Gasteiger partial charge in [-0.25, -0.2) is 4.39 Å². The van der Waals surface area contributed by atoms with Gasteiger partial charge in [-0.1, -0.05) is 42.5 Å². The highest BCUT2D eigenvalue weighted by atomic mass is 19.1. The molecule has 0 saturated carbocycles. The molecule has 0 fully saturated rings. The summed E-state index contributed by atoms with van der Waals surface area (Å²) in [5.41, 5.74) is 0.863. The third-order valence-electron chi connectivity index (χ3n) is 2.94. The average molecular weight is 209 g/mol. The molecule has 0 amide bonds. The average Bonchev–Trinajstić information content (AvgIpc) is 2.31. The van der Waals surface area contributed by atoms with Crippen molar-refractivity contribution in [2.45, 2.75) is 0 Å². The molecule has 1 heteroatoms. The van der Waals surface area contributed by atoms with Gasteiger partial charge in [0.15, 0.2) is 0 Å². The van der Waals surface area contributed by atoms with E-state index < -0.39 is 0 Å². The highest BCUT2D eigenvalue weighted by molar-refractivity contribution is 6.08. The van der Waals surface area contributed by atoms with E-state index in [9.17, 15) is 4.39 Å². The Labute approximate surface area is 93.3 Å². The summed E-state index contributed by atoms with van der Waals surface area (Å²) in [7, 11) is 0. The van der Waals surface area contributed by atoms with E-state index in [-0.39, 0.29) is 5.82 Å².